The van der Waals surface area contributed by atoms with Gasteiger partial charge in [0.05, 0.1) is 29.6 Å². The maximum Gasteiger partial charge on any atom is 0.0995 e. The second-order valence-electron chi connectivity index (χ2n) is 5.03. The van der Waals surface area contributed by atoms with Crippen LogP contribution >= 0.6 is 0 Å². The van der Waals surface area contributed by atoms with Crippen LogP contribution in [0.1, 0.15) is 37.7 Å². The zero-order chi connectivity index (χ0) is 13.1. The number of hydrogen-bond donors (Lipinski definition) is 1. The summed E-state index contributed by atoms with van der Waals surface area (Å²) in [6.07, 6.45) is 6.40. The van der Waals surface area contributed by atoms with Crippen molar-refractivity contribution in [3.8, 4) is 5.69 Å². The Kier molecular flexibility index (Phi) is 3.77. The van der Waals surface area contributed by atoms with Crippen molar-refractivity contribution in [2.45, 2.75) is 33.2 Å². The number of nitrogens with two attached hydrogens (primary N) is 1. The number of rotatable bonds is 4. The van der Waals surface area contributed by atoms with Crippen molar-refractivity contribution >= 4 is 0 Å². The molecule has 0 aliphatic rings. The Morgan fingerprint density at radius 1 is 1.39 bits per heavy atom. The van der Waals surface area contributed by atoms with Gasteiger partial charge in [0.1, 0.15) is 0 Å². The van der Waals surface area contributed by atoms with Gasteiger partial charge in [-0.2, -0.15) is 0 Å². The van der Waals surface area contributed by atoms with Crippen LogP contribution in [0.5, 0.6) is 0 Å². The molecule has 2 aromatic rings. The van der Waals surface area contributed by atoms with E-state index in [9.17, 15) is 0 Å². The second kappa shape index (κ2) is 5.31. The second-order valence-corrected chi connectivity index (χ2v) is 5.03. The molecule has 18 heavy (non-hydrogen) atoms. The molecule has 0 bridgehead atoms. The Morgan fingerprint density at radius 3 is 2.83 bits per heavy atom. The highest BCUT2D eigenvalue weighted by atomic mass is 15.1. The first-order valence-electron chi connectivity index (χ1n) is 6.29. The fourth-order valence-electron chi connectivity index (χ4n) is 2.14. The minimum absolute atomic E-state index is 0.00658. The molecule has 4 heteroatoms. The summed E-state index contributed by atoms with van der Waals surface area (Å²) in [4.78, 5) is 8.53. The largest absolute Gasteiger partial charge is 0.323 e. The van der Waals surface area contributed by atoms with E-state index in [0.29, 0.717) is 5.92 Å². The van der Waals surface area contributed by atoms with Gasteiger partial charge < -0.3 is 5.73 Å². The molecule has 0 saturated heterocycles. The van der Waals surface area contributed by atoms with Crippen molar-refractivity contribution in [3.05, 3.63) is 42.2 Å². The van der Waals surface area contributed by atoms with E-state index in [1.54, 1.807) is 12.5 Å². The highest BCUT2D eigenvalue weighted by Crippen LogP contribution is 2.22. The molecule has 1 unspecified atom stereocenters. The highest BCUT2D eigenvalue weighted by molar-refractivity contribution is 5.37. The van der Waals surface area contributed by atoms with Gasteiger partial charge in [-0.05, 0) is 31.4 Å². The maximum absolute atomic E-state index is 6.25. The van der Waals surface area contributed by atoms with Crippen LogP contribution in [0.3, 0.4) is 0 Å². The third-order valence-electron chi connectivity index (χ3n) is 3.01. The summed E-state index contributed by atoms with van der Waals surface area (Å²) in [5, 5.41) is 0. The summed E-state index contributed by atoms with van der Waals surface area (Å²) in [7, 11) is 0. The van der Waals surface area contributed by atoms with Gasteiger partial charge in [0.2, 0.25) is 0 Å². The van der Waals surface area contributed by atoms with E-state index in [2.05, 4.69) is 23.8 Å². The standard InChI is InChI=1S/C14H20N4/c1-10(2)7-12(15)14-8-16-9-18(14)13-5-4-6-17-11(13)3/h4-6,8-10,12H,7,15H2,1-3H3. The summed E-state index contributed by atoms with van der Waals surface area (Å²) in [5.74, 6) is 0.568. The molecule has 96 valence electrons. The van der Waals surface area contributed by atoms with Crippen molar-refractivity contribution in [2.75, 3.05) is 0 Å². The lowest BCUT2D eigenvalue weighted by Crippen LogP contribution is -2.17. The molecule has 0 aliphatic heterocycles. The number of pyridine rings is 1. The Balaban J connectivity index is 2.36. The van der Waals surface area contributed by atoms with E-state index >= 15 is 0 Å². The van der Waals surface area contributed by atoms with Crippen LogP contribution in [0.25, 0.3) is 5.69 Å². The molecular weight excluding hydrogens is 224 g/mol. The maximum atomic E-state index is 6.25. The van der Waals surface area contributed by atoms with Crippen LogP contribution < -0.4 is 5.73 Å². The number of aromatic nitrogens is 3. The molecular formula is C14H20N4. The van der Waals surface area contributed by atoms with Gasteiger partial charge in [0, 0.05) is 12.2 Å². The Hall–Kier alpha value is -1.68. The van der Waals surface area contributed by atoms with Crippen LogP contribution in [-0.2, 0) is 0 Å². The lowest BCUT2D eigenvalue weighted by Gasteiger charge is -2.17. The topological polar surface area (TPSA) is 56.7 Å². The Morgan fingerprint density at radius 2 is 2.17 bits per heavy atom. The first kappa shape index (κ1) is 12.8. The lowest BCUT2D eigenvalue weighted by molar-refractivity contribution is 0.497. The molecule has 2 heterocycles. The number of imidazole rings is 1. The van der Waals surface area contributed by atoms with Crippen LogP contribution in [0.15, 0.2) is 30.9 Å². The molecule has 0 aromatic carbocycles. The zero-order valence-corrected chi connectivity index (χ0v) is 11.2. The minimum atomic E-state index is 0.00658. The van der Waals surface area contributed by atoms with E-state index in [1.165, 1.54) is 0 Å². The molecule has 0 radical (unpaired) electrons. The Bertz CT molecular complexity index is 516. The SMILES string of the molecule is Cc1ncccc1-n1cncc1C(N)CC(C)C. The van der Waals surface area contributed by atoms with Crippen molar-refractivity contribution in [1.82, 2.24) is 14.5 Å². The van der Waals surface area contributed by atoms with Crippen molar-refractivity contribution in [3.63, 3.8) is 0 Å². The average Bonchev–Trinajstić information content (AvgIpc) is 2.77. The molecule has 2 rings (SSSR count). The lowest BCUT2D eigenvalue weighted by atomic mass is 10.0. The predicted octanol–water partition coefficient (Wildman–Crippen LogP) is 2.62. The normalized spacial score (nSPS) is 12.9. The summed E-state index contributed by atoms with van der Waals surface area (Å²) >= 11 is 0. The summed E-state index contributed by atoms with van der Waals surface area (Å²) in [6, 6.07) is 3.97. The predicted molar refractivity (Wildman–Crippen MR) is 72.5 cm³/mol. The molecule has 0 amide bonds. The van der Waals surface area contributed by atoms with Crippen molar-refractivity contribution < 1.29 is 0 Å². The van der Waals surface area contributed by atoms with Crippen LogP contribution in [0, 0.1) is 12.8 Å². The van der Waals surface area contributed by atoms with E-state index in [1.807, 2.05) is 29.8 Å². The Labute approximate surface area is 108 Å². The monoisotopic (exact) mass is 244 g/mol. The summed E-state index contributed by atoms with van der Waals surface area (Å²) in [5.41, 5.74) is 9.31. The summed E-state index contributed by atoms with van der Waals surface area (Å²) < 4.78 is 2.04. The van der Waals surface area contributed by atoms with Gasteiger partial charge in [-0.25, -0.2) is 4.98 Å². The minimum Gasteiger partial charge on any atom is -0.323 e. The first-order valence-corrected chi connectivity index (χ1v) is 6.29. The van der Waals surface area contributed by atoms with Crippen LogP contribution in [0.2, 0.25) is 0 Å². The average molecular weight is 244 g/mol. The van der Waals surface area contributed by atoms with E-state index < -0.39 is 0 Å². The molecule has 0 saturated carbocycles. The van der Waals surface area contributed by atoms with Gasteiger partial charge in [-0.1, -0.05) is 13.8 Å². The third-order valence-corrected chi connectivity index (χ3v) is 3.01. The summed E-state index contributed by atoms with van der Waals surface area (Å²) in [6.45, 7) is 6.35. The first-order chi connectivity index (χ1) is 8.59. The molecule has 1 atom stereocenters. The van der Waals surface area contributed by atoms with Gasteiger partial charge in [-0.3, -0.25) is 9.55 Å². The molecule has 0 fully saturated rings. The van der Waals surface area contributed by atoms with Crippen molar-refractivity contribution in [2.24, 2.45) is 11.7 Å². The molecule has 0 spiro atoms. The molecule has 2 N–H and O–H groups in total. The van der Waals surface area contributed by atoms with Gasteiger partial charge in [0.25, 0.3) is 0 Å². The molecule has 4 nitrogen and oxygen atoms in total. The highest BCUT2D eigenvalue weighted by Gasteiger charge is 2.15. The molecule has 2 aromatic heterocycles. The fourth-order valence-corrected chi connectivity index (χ4v) is 2.14. The van der Waals surface area contributed by atoms with E-state index in [0.717, 1.165) is 23.5 Å². The van der Waals surface area contributed by atoms with E-state index in [-0.39, 0.29) is 6.04 Å². The van der Waals surface area contributed by atoms with Crippen LogP contribution in [-0.4, -0.2) is 14.5 Å². The van der Waals surface area contributed by atoms with Crippen LogP contribution in [0.4, 0.5) is 0 Å². The van der Waals surface area contributed by atoms with Gasteiger partial charge in [0.15, 0.2) is 0 Å². The quantitative estimate of drug-likeness (QED) is 0.899. The zero-order valence-electron chi connectivity index (χ0n) is 11.2. The number of aryl methyl sites for hydroxylation is 1. The van der Waals surface area contributed by atoms with E-state index in [4.69, 9.17) is 5.73 Å². The third kappa shape index (κ3) is 2.59. The van der Waals surface area contributed by atoms with Gasteiger partial charge >= 0.3 is 0 Å². The van der Waals surface area contributed by atoms with Gasteiger partial charge in [-0.15, -0.1) is 0 Å². The fraction of sp³-hybridized carbons (Fsp3) is 0.429. The molecule has 0 aliphatic carbocycles. The smallest absolute Gasteiger partial charge is 0.0995 e. The van der Waals surface area contributed by atoms with Crippen molar-refractivity contribution in [1.29, 1.82) is 0 Å². The number of hydrogen-bond acceptors (Lipinski definition) is 3. The number of nitrogens with zero attached hydrogens (tertiary/aromatic N) is 3.